The number of methoxy groups -OCH3 is 1. The summed E-state index contributed by atoms with van der Waals surface area (Å²) in [5.41, 5.74) is -0.418. The topological polar surface area (TPSA) is 65.0 Å². The number of nitrogens with zero attached hydrogens (tertiary/aromatic N) is 1. The van der Waals surface area contributed by atoms with Gasteiger partial charge in [0.05, 0.1) is 11.7 Å². The van der Waals surface area contributed by atoms with Crippen molar-refractivity contribution in [3.05, 3.63) is 35.6 Å². The van der Waals surface area contributed by atoms with E-state index >= 15 is 0 Å². The average molecular weight is 465 g/mol. The van der Waals surface area contributed by atoms with Crippen LogP contribution in [0, 0.1) is 17.7 Å². The molecule has 6 heteroatoms. The molecule has 1 aromatic carbocycles. The first-order chi connectivity index (χ1) is 16.0. The van der Waals surface area contributed by atoms with Gasteiger partial charge in [-0.3, -0.25) is 4.90 Å². The second-order valence-corrected chi connectivity index (χ2v) is 10.2. The summed E-state index contributed by atoms with van der Waals surface area (Å²) in [4.78, 5) is 2.39. The van der Waals surface area contributed by atoms with Crippen molar-refractivity contribution in [2.24, 2.45) is 11.8 Å². The standard InChI is InChI=1S/C27H45FN2O3/c1-29-19-25(26(31)21-10-4-3-5-11-21)30-16-9-13-23(20-30)27(32,15-6-7-17-33-2)22-12-8-14-24(28)18-22/h8,12,14,18,21,23,25-26,29,31-32H,3-7,9-11,13,15-17,19-20H2,1-2H3/t23-,25-,26?,27-/m1/s1. The molecule has 1 unspecified atom stereocenters. The van der Waals surface area contributed by atoms with Crippen LogP contribution in [0.2, 0.25) is 0 Å². The van der Waals surface area contributed by atoms with Crippen LogP contribution < -0.4 is 5.32 Å². The lowest BCUT2D eigenvalue weighted by molar-refractivity contribution is -0.0831. The van der Waals surface area contributed by atoms with E-state index in [0.29, 0.717) is 31.1 Å². The molecular weight excluding hydrogens is 419 g/mol. The number of unbranched alkanes of at least 4 members (excludes halogenated alkanes) is 1. The molecular formula is C27H45FN2O3. The van der Waals surface area contributed by atoms with Crippen LogP contribution in [0.1, 0.15) is 69.8 Å². The van der Waals surface area contributed by atoms with Crippen molar-refractivity contribution < 1.29 is 19.3 Å². The van der Waals surface area contributed by atoms with Gasteiger partial charge in [-0.25, -0.2) is 4.39 Å². The Balaban J connectivity index is 1.79. The number of likely N-dealkylation sites (N-methyl/N-ethyl adjacent to an activating group) is 1. The lowest BCUT2D eigenvalue weighted by atomic mass is 9.73. The number of halogens is 1. The maximum absolute atomic E-state index is 14.1. The van der Waals surface area contributed by atoms with Crippen LogP contribution >= 0.6 is 0 Å². The summed E-state index contributed by atoms with van der Waals surface area (Å²) in [5, 5.41) is 26.7. The van der Waals surface area contributed by atoms with E-state index in [1.54, 1.807) is 13.2 Å². The van der Waals surface area contributed by atoms with Gasteiger partial charge in [-0.15, -0.1) is 0 Å². The lowest BCUT2D eigenvalue weighted by Gasteiger charge is -2.47. The van der Waals surface area contributed by atoms with E-state index in [0.717, 1.165) is 51.6 Å². The van der Waals surface area contributed by atoms with Gasteiger partial charge in [0.2, 0.25) is 0 Å². The fourth-order valence-electron chi connectivity index (χ4n) is 6.15. The Labute approximate surface area is 199 Å². The highest BCUT2D eigenvalue weighted by molar-refractivity contribution is 5.25. The smallest absolute Gasteiger partial charge is 0.123 e. The quantitative estimate of drug-likeness (QED) is 0.407. The predicted octanol–water partition coefficient (Wildman–Crippen LogP) is 4.07. The number of benzene rings is 1. The number of aliphatic hydroxyl groups is 2. The summed E-state index contributed by atoms with van der Waals surface area (Å²) in [7, 11) is 3.64. The van der Waals surface area contributed by atoms with Crippen molar-refractivity contribution in [3.8, 4) is 0 Å². The van der Waals surface area contributed by atoms with Gasteiger partial charge in [0.15, 0.2) is 0 Å². The summed E-state index contributed by atoms with van der Waals surface area (Å²) in [6, 6.07) is 6.52. The maximum atomic E-state index is 14.1. The molecule has 1 heterocycles. The minimum absolute atomic E-state index is 0.00601. The Morgan fingerprint density at radius 2 is 1.97 bits per heavy atom. The third-order valence-electron chi connectivity index (χ3n) is 8.02. The van der Waals surface area contributed by atoms with Gasteiger partial charge in [-0.1, -0.05) is 31.4 Å². The van der Waals surface area contributed by atoms with Crippen molar-refractivity contribution in [2.45, 2.75) is 82.0 Å². The highest BCUT2D eigenvalue weighted by Crippen LogP contribution is 2.41. The van der Waals surface area contributed by atoms with E-state index in [-0.39, 0.29) is 23.9 Å². The van der Waals surface area contributed by atoms with Crippen LogP contribution in [0.15, 0.2) is 24.3 Å². The molecule has 1 aromatic rings. The highest BCUT2D eigenvalue weighted by atomic mass is 19.1. The first-order valence-electron chi connectivity index (χ1n) is 13.0. The van der Waals surface area contributed by atoms with Gasteiger partial charge in [-0.05, 0) is 82.2 Å². The molecule has 1 aliphatic carbocycles. The van der Waals surface area contributed by atoms with E-state index in [1.807, 2.05) is 13.1 Å². The van der Waals surface area contributed by atoms with E-state index < -0.39 is 5.60 Å². The van der Waals surface area contributed by atoms with Crippen LogP contribution in [0.3, 0.4) is 0 Å². The third kappa shape index (κ3) is 6.98. The van der Waals surface area contributed by atoms with Crippen LogP contribution in [-0.4, -0.2) is 67.7 Å². The van der Waals surface area contributed by atoms with Gasteiger partial charge in [0, 0.05) is 38.8 Å². The molecule has 33 heavy (non-hydrogen) atoms. The number of nitrogens with one attached hydrogen (secondary N) is 1. The van der Waals surface area contributed by atoms with Crippen LogP contribution in [0.5, 0.6) is 0 Å². The Kier molecular flexibility index (Phi) is 10.6. The predicted molar refractivity (Wildman–Crippen MR) is 131 cm³/mol. The Hall–Kier alpha value is -1.05. The number of piperidine rings is 1. The van der Waals surface area contributed by atoms with Gasteiger partial charge in [0.25, 0.3) is 0 Å². The summed E-state index contributed by atoms with van der Waals surface area (Å²) >= 11 is 0. The molecule has 4 atom stereocenters. The molecule has 5 nitrogen and oxygen atoms in total. The molecule has 3 rings (SSSR count). The van der Waals surface area contributed by atoms with Crippen molar-refractivity contribution in [2.75, 3.05) is 40.4 Å². The second-order valence-electron chi connectivity index (χ2n) is 10.2. The number of likely N-dealkylation sites (tertiary alicyclic amines) is 1. The van der Waals surface area contributed by atoms with E-state index in [9.17, 15) is 14.6 Å². The Morgan fingerprint density at radius 3 is 2.67 bits per heavy atom. The molecule has 3 N–H and O–H groups in total. The monoisotopic (exact) mass is 464 g/mol. The number of ether oxygens (including phenoxy) is 1. The third-order valence-corrected chi connectivity index (χ3v) is 8.02. The molecule has 0 spiro atoms. The minimum Gasteiger partial charge on any atom is -0.391 e. The lowest BCUT2D eigenvalue weighted by Crippen LogP contribution is -2.57. The molecule has 2 fully saturated rings. The zero-order chi connectivity index (χ0) is 23.7. The molecule has 2 aliphatic rings. The summed E-state index contributed by atoms with van der Waals surface area (Å²) < 4.78 is 19.3. The number of hydrogen-bond donors (Lipinski definition) is 3. The van der Waals surface area contributed by atoms with E-state index in [1.165, 1.54) is 31.4 Å². The van der Waals surface area contributed by atoms with Gasteiger partial charge >= 0.3 is 0 Å². The summed E-state index contributed by atoms with van der Waals surface area (Å²) in [6.07, 6.45) is 9.68. The van der Waals surface area contributed by atoms with E-state index in [4.69, 9.17) is 4.74 Å². The molecule has 0 aromatic heterocycles. The average Bonchev–Trinajstić information content (AvgIpc) is 2.85. The van der Waals surface area contributed by atoms with Crippen LogP contribution in [-0.2, 0) is 10.3 Å². The normalized spacial score (nSPS) is 24.3. The van der Waals surface area contributed by atoms with Gasteiger partial charge in [-0.2, -0.15) is 0 Å². The van der Waals surface area contributed by atoms with Crippen LogP contribution in [0.25, 0.3) is 0 Å². The van der Waals surface area contributed by atoms with Gasteiger partial charge < -0.3 is 20.3 Å². The molecule has 188 valence electrons. The maximum Gasteiger partial charge on any atom is 0.123 e. The van der Waals surface area contributed by atoms with Crippen molar-refractivity contribution >= 4 is 0 Å². The van der Waals surface area contributed by atoms with Crippen molar-refractivity contribution in [1.29, 1.82) is 0 Å². The fourth-order valence-corrected chi connectivity index (χ4v) is 6.15. The fraction of sp³-hybridized carbons (Fsp3) is 0.778. The molecule has 0 amide bonds. The number of hydrogen-bond acceptors (Lipinski definition) is 5. The Morgan fingerprint density at radius 1 is 1.18 bits per heavy atom. The largest absolute Gasteiger partial charge is 0.391 e. The minimum atomic E-state index is -1.09. The van der Waals surface area contributed by atoms with Crippen LogP contribution in [0.4, 0.5) is 4.39 Å². The zero-order valence-corrected chi connectivity index (χ0v) is 20.6. The summed E-state index contributed by atoms with van der Waals surface area (Å²) in [5.74, 6) is 0.0402. The summed E-state index contributed by atoms with van der Waals surface area (Å²) in [6.45, 7) is 3.04. The second kappa shape index (κ2) is 13.1. The van der Waals surface area contributed by atoms with E-state index in [2.05, 4.69) is 10.2 Å². The molecule has 0 radical (unpaired) electrons. The van der Waals surface area contributed by atoms with Gasteiger partial charge in [0.1, 0.15) is 5.82 Å². The first-order valence-corrected chi connectivity index (χ1v) is 13.0. The molecule has 1 saturated heterocycles. The Bertz CT molecular complexity index is 700. The number of aliphatic hydroxyl groups excluding tert-OH is 1. The highest BCUT2D eigenvalue weighted by Gasteiger charge is 2.43. The molecule has 1 saturated carbocycles. The van der Waals surface area contributed by atoms with Crippen molar-refractivity contribution in [1.82, 2.24) is 10.2 Å². The SMILES string of the molecule is CNC[C@H](C(O)C1CCCCC1)N1CCC[C@@H]([C@@](O)(CCCCOC)c2cccc(F)c2)C1. The zero-order valence-electron chi connectivity index (χ0n) is 20.6. The molecule has 1 aliphatic heterocycles. The first kappa shape index (κ1) is 26.6. The molecule has 0 bridgehead atoms. The van der Waals surface area contributed by atoms with Crippen molar-refractivity contribution in [3.63, 3.8) is 0 Å². The number of rotatable bonds is 12.